The molecule has 2 aliphatic carbocycles. The molecular formula is C20H38O2. The molecule has 2 fully saturated rings. The minimum absolute atomic E-state index is 0.154. The second-order valence-corrected chi connectivity index (χ2v) is 9.60. The van der Waals surface area contributed by atoms with Gasteiger partial charge in [0.05, 0.1) is 11.7 Å². The summed E-state index contributed by atoms with van der Waals surface area (Å²) >= 11 is 0. The van der Waals surface area contributed by atoms with E-state index in [1.807, 2.05) is 6.92 Å². The highest BCUT2D eigenvalue weighted by Gasteiger charge is 2.57. The van der Waals surface area contributed by atoms with E-state index in [4.69, 9.17) is 0 Å². The molecule has 2 nitrogen and oxygen atoms in total. The van der Waals surface area contributed by atoms with Crippen molar-refractivity contribution in [2.75, 3.05) is 0 Å². The standard InChI is InChI=1S/C20H38O2/c1-7-19(5,22)12-9-15-14(2)13-16(21)17-18(3,4)10-8-11-20(15,17)6/h14-17,21-22H,7-13H2,1-6H3/t14-,15-,16+,17-,19-,20+/m0/s1. The van der Waals surface area contributed by atoms with Crippen LogP contribution in [-0.4, -0.2) is 21.9 Å². The van der Waals surface area contributed by atoms with Crippen LogP contribution in [0.15, 0.2) is 0 Å². The number of hydrogen-bond donors (Lipinski definition) is 2. The smallest absolute Gasteiger partial charge is 0.0617 e. The van der Waals surface area contributed by atoms with Crippen molar-refractivity contribution in [1.82, 2.24) is 0 Å². The number of rotatable bonds is 4. The molecule has 0 radical (unpaired) electrons. The molecule has 0 amide bonds. The van der Waals surface area contributed by atoms with E-state index >= 15 is 0 Å². The van der Waals surface area contributed by atoms with Gasteiger partial charge < -0.3 is 10.2 Å². The van der Waals surface area contributed by atoms with Crippen molar-refractivity contribution >= 4 is 0 Å². The molecule has 0 heterocycles. The maximum Gasteiger partial charge on any atom is 0.0617 e. The lowest BCUT2D eigenvalue weighted by Crippen LogP contribution is -2.57. The first-order valence-electron chi connectivity index (χ1n) is 9.44. The normalized spacial score (nSPS) is 44.2. The molecule has 0 aromatic heterocycles. The van der Waals surface area contributed by atoms with Gasteiger partial charge in [-0.05, 0) is 74.0 Å². The van der Waals surface area contributed by atoms with E-state index in [1.54, 1.807) is 0 Å². The molecule has 0 aromatic rings. The fraction of sp³-hybridized carbons (Fsp3) is 1.00. The Morgan fingerprint density at radius 2 is 1.82 bits per heavy atom. The molecule has 2 N–H and O–H groups in total. The average molecular weight is 311 g/mol. The van der Waals surface area contributed by atoms with Gasteiger partial charge in [0.2, 0.25) is 0 Å². The monoisotopic (exact) mass is 310 g/mol. The predicted molar refractivity (Wildman–Crippen MR) is 92.7 cm³/mol. The first-order valence-corrected chi connectivity index (χ1v) is 9.44. The minimum atomic E-state index is -0.536. The van der Waals surface area contributed by atoms with Crippen LogP contribution in [-0.2, 0) is 0 Å². The summed E-state index contributed by atoms with van der Waals surface area (Å²) in [6, 6.07) is 0. The Hall–Kier alpha value is -0.0800. The highest BCUT2D eigenvalue weighted by Crippen LogP contribution is 2.62. The van der Waals surface area contributed by atoms with Crippen LogP contribution in [0.1, 0.15) is 86.5 Å². The van der Waals surface area contributed by atoms with Crippen LogP contribution in [0.5, 0.6) is 0 Å². The van der Waals surface area contributed by atoms with Crippen molar-refractivity contribution in [3.05, 3.63) is 0 Å². The van der Waals surface area contributed by atoms with E-state index in [2.05, 4.69) is 34.6 Å². The Labute approximate surface area is 137 Å². The molecule has 0 spiro atoms. The van der Waals surface area contributed by atoms with Crippen LogP contribution in [0.25, 0.3) is 0 Å². The largest absolute Gasteiger partial charge is 0.393 e. The van der Waals surface area contributed by atoms with E-state index in [9.17, 15) is 10.2 Å². The van der Waals surface area contributed by atoms with Gasteiger partial charge in [-0.1, -0.05) is 41.0 Å². The van der Waals surface area contributed by atoms with Crippen LogP contribution in [0.3, 0.4) is 0 Å². The molecule has 22 heavy (non-hydrogen) atoms. The zero-order valence-corrected chi connectivity index (χ0v) is 15.7. The Kier molecular flexibility index (Phi) is 5.06. The van der Waals surface area contributed by atoms with Gasteiger partial charge in [-0.25, -0.2) is 0 Å². The highest BCUT2D eigenvalue weighted by atomic mass is 16.3. The van der Waals surface area contributed by atoms with E-state index in [1.165, 1.54) is 19.3 Å². The molecule has 0 unspecified atom stereocenters. The van der Waals surface area contributed by atoms with Crippen molar-refractivity contribution < 1.29 is 10.2 Å². The summed E-state index contributed by atoms with van der Waals surface area (Å²) in [5.74, 6) is 1.58. The van der Waals surface area contributed by atoms with Gasteiger partial charge in [-0.3, -0.25) is 0 Å². The molecule has 6 atom stereocenters. The molecule has 2 heteroatoms. The summed E-state index contributed by atoms with van der Waals surface area (Å²) in [4.78, 5) is 0. The van der Waals surface area contributed by atoms with E-state index in [0.29, 0.717) is 17.8 Å². The van der Waals surface area contributed by atoms with Crippen molar-refractivity contribution in [3.63, 3.8) is 0 Å². The maximum absolute atomic E-state index is 10.8. The van der Waals surface area contributed by atoms with Crippen molar-refractivity contribution in [3.8, 4) is 0 Å². The third-order valence-electron chi connectivity index (χ3n) is 7.38. The van der Waals surface area contributed by atoms with Crippen molar-refractivity contribution in [1.29, 1.82) is 0 Å². The number of fused-ring (bicyclic) bond motifs is 1. The number of aliphatic hydroxyl groups is 2. The van der Waals surface area contributed by atoms with Gasteiger partial charge in [0, 0.05) is 0 Å². The van der Waals surface area contributed by atoms with Crippen LogP contribution in [0, 0.1) is 28.6 Å². The summed E-state index contributed by atoms with van der Waals surface area (Å²) in [5.41, 5.74) is -0.0768. The lowest BCUT2D eigenvalue weighted by Gasteiger charge is -2.61. The van der Waals surface area contributed by atoms with E-state index in [-0.39, 0.29) is 16.9 Å². The second-order valence-electron chi connectivity index (χ2n) is 9.60. The van der Waals surface area contributed by atoms with E-state index < -0.39 is 5.60 Å². The summed E-state index contributed by atoms with van der Waals surface area (Å²) in [6.07, 6.45) is 7.33. The molecule has 2 aliphatic rings. The third-order valence-corrected chi connectivity index (χ3v) is 7.38. The Balaban J connectivity index is 2.24. The SMILES string of the molecule is CC[C@](C)(O)CC[C@H]1[C@@H](C)C[C@@H](O)[C@H]2C(C)(C)CCC[C@]12C. The zero-order valence-electron chi connectivity index (χ0n) is 15.7. The van der Waals surface area contributed by atoms with Gasteiger partial charge in [0.15, 0.2) is 0 Å². The number of aliphatic hydroxyl groups excluding tert-OH is 1. The molecule has 0 aromatic carbocycles. The van der Waals surface area contributed by atoms with Crippen LogP contribution in [0.2, 0.25) is 0 Å². The second kappa shape index (κ2) is 6.09. The fourth-order valence-corrected chi connectivity index (χ4v) is 6.09. The van der Waals surface area contributed by atoms with Gasteiger partial charge in [-0.15, -0.1) is 0 Å². The topological polar surface area (TPSA) is 40.5 Å². The first-order chi connectivity index (χ1) is 10.0. The lowest BCUT2D eigenvalue weighted by molar-refractivity contribution is -0.161. The minimum Gasteiger partial charge on any atom is -0.393 e. The van der Waals surface area contributed by atoms with Gasteiger partial charge in [0.25, 0.3) is 0 Å². The molecule has 2 saturated carbocycles. The Morgan fingerprint density at radius 3 is 2.41 bits per heavy atom. The molecular weight excluding hydrogens is 272 g/mol. The molecule has 2 rings (SSSR count). The fourth-order valence-electron chi connectivity index (χ4n) is 6.09. The summed E-state index contributed by atoms with van der Waals surface area (Å²) in [5, 5.41) is 21.2. The maximum atomic E-state index is 10.8. The van der Waals surface area contributed by atoms with Crippen molar-refractivity contribution in [2.24, 2.45) is 28.6 Å². The first kappa shape index (κ1) is 18.3. The van der Waals surface area contributed by atoms with Crippen LogP contribution < -0.4 is 0 Å². The predicted octanol–water partition coefficient (Wildman–Crippen LogP) is 4.78. The molecule has 130 valence electrons. The lowest BCUT2D eigenvalue weighted by atomic mass is 9.45. The molecule has 0 bridgehead atoms. The number of hydrogen-bond acceptors (Lipinski definition) is 2. The van der Waals surface area contributed by atoms with Gasteiger partial charge >= 0.3 is 0 Å². The van der Waals surface area contributed by atoms with E-state index in [0.717, 1.165) is 25.7 Å². The quantitative estimate of drug-likeness (QED) is 0.784. The van der Waals surface area contributed by atoms with Gasteiger partial charge in [-0.2, -0.15) is 0 Å². The molecule has 0 aliphatic heterocycles. The van der Waals surface area contributed by atoms with Crippen LogP contribution >= 0.6 is 0 Å². The van der Waals surface area contributed by atoms with Crippen molar-refractivity contribution in [2.45, 2.75) is 98.2 Å². The summed E-state index contributed by atoms with van der Waals surface area (Å²) in [7, 11) is 0. The zero-order chi connectivity index (χ0) is 16.8. The average Bonchev–Trinajstić information content (AvgIpc) is 2.36. The Morgan fingerprint density at radius 1 is 1.18 bits per heavy atom. The Bertz CT molecular complexity index is 387. The summed E-state index contributed by atoms with van der Waals surface area (Å²) < 4.78 is 0. The summed E-state index contributed by atoms with van der Waals surface area (Å²) in [6.45, 7) is 13.5. The third kappa shape index (κ3) is 3.24. The van der Waals surface area contributed by atoms with Crippen LogP contribution in [0.4, 0.5) is 0 Å². The highest BCUT2D eigenvalue weighted by molar-refractivity contribution is 5.06. The van der Waals surface area contributed by atoms with Gasteiger partial charge in [0.1, 0.15) is 0 Å². The molecule has 0 saturated heterocycles.